The SMILES string of the molecule is Cc1c(C)c(S(=O)(=O)NC(N)=NCCC[C@H]2C(=O)N(Cc3ccccc3)C[C@H](CCc3ccccc3)N2Cc2ccccc2)c(C)c2c1OC(C)(C)C2. The second-order valence-corrected chi connectivity index (χ2v) is 16.7. The molecule has 6 rings (SSSR count). The minimum atomic E-state index is -4.02. The van der Waals surface area contributed by atoms with Crippen LogP contribution in [0.5, 0.6) is 5.75 Å². The smallest absolute Gasteiger partial charge is 0.264 e. The van der Waals surface area contributed by atoms with Gasteiger partial charge in [0.25, 0.3) is 10.0 Å². The first-order valence-corrected chi connectivity index (χ1v) is 20.1. The second kappa shape index (κ2) is 16.1. The number of carbonyl (C=O) groups is 1. The Morgan fingerprint density at radius 2 is 1.43 bits per heavy atom. The molecule has 0 saturated carbocycles. The zero-order valence-corrected chi connectivity index (χ0v) is 32.5. The largest absolute Gasteiger partial charge is 0.487 e. The lowest BCUT2D eigenvalue weighted by molar-refractivity contribution is -0.147. The van der Waals surface area contributed by atoms with Crippen LogP contribution < -0.4 is 15.2 Å². The number of carbonyl (C=O) groups excluding carboxylic acids is 1. The zero-order valence-electron chi connectivity index (χ0n) is 31.6. The van der Waals surface area contributed by atoms with Gasteiger partial charge in [0, 0.05) is 44.2 Å². The summed E-state index contributed by atoms with van der Waals surface area (Å²) in [7, 11) is -4.02. The molecule has 10 heteroatoms. The van der Waals surface area contributed by atoms with Gasteiger partial charge < -0.3 is 15.4 Å². The van der Waals surface area contributed by atoms with E-state index in [0.717, 1.165) is 40.8 Å². The minimum absolute atomic E-state index is 0.100. The summed E-state index contributed by atoms with van der Waals surface area (Å²) < 4.78 is 36.2. The monoisotopic (exact) mass is 735 g/mol. The molecule has 2 aliphatic rings. The summed E-state index contributed by atoms with van der Waals surface area (Å²) in [5.41, 5.74) is 12.4. The number of nitrogens with one attached hydrogen (secondary N) is 1. The van der Waals surface area contributed by atoms with Gasteiger partial charge in [0.1, 0.15) is 11.4 Å². The molecule has 0 radical (unpaired) electrons. The Hall–Kier alpha value is -4.67. The first-order valence-electron chi connectivity index (χ1n) is 18.6. The van der Waals surface area contributed by atoms with Gasteiger partial charge in [-0.15, -0.1) is 0 Å². The molecule has 4 aromatic carbocycles. The fraction of sp³-hybridized carbons (Fsp3) is 0.395. The number of piperazine rings is 1. The van der Waals surface area contributed by atoms with E-state index >= 15 is 0 Å². The van der Waals surface area contributed by atoms with E-state index in [1.54, 1.807) is 6.92 Å². The summed E-state index contributed by atoms with van der Waals surface area (Å²) in [6, 6.07) is 30.7. The molecule has 1 amide bonds. The van der Waals surface area contributed by atoms with Crippen molar-refractivity contribution in [2.24, 2.45) is 10.7 Å². The molecule has 9 nitrogen and oxygen atoms in total. The van der Waals surface area contributed by atoms with Crippen LogP contribution in [0.3, 0.4) is 0 Å². The highest BCUT2D eigenvalue weighted by Gasteiger charge is 2.40. The number of fused-ring (bicyclic) bond motifs is 1. The average Bonchev–Trinajstić information content (AvgIpc) is 3.47. The van der Waals surface area contributed by atoms with Gasteiger partial charge in [-0.3, -0.25) is 14.7 Å². The Kier molecular flexibility index (Phi) is 11.6. The first kappa shape index (κ1) is 38.1. The number of nitrogens with zero attached hydrogens (tertiary/aromatic N) is 3. The molecule has 2 aliphatic heterocycles. The summed E-state index contributed by atoms with van der Waals surface area (Å²) >= 11 is 0. The molecule has 53 heavy (non-hydrogen) atoms. The second-order valence-electron chi connectivity index (χ2n) is 15.1. The van der Waals surface area contributed by atoms with E-state index in [9.17, 15) is 13.2 Å². The molecule has 0 unspecified atom stereocenters. The van der Waals surface area contributed by atoms with E-state index in [2.05, 4.69) is 63.1 Å². The van der Waals surface area contributed by atoms with Crippen molar-refractivity contribution in [3.63, 3.8) is 0 Å². The van der Waals surface area contributed by atoms with Gasteiger partial charge >= 0.3 is 0 Å². The van der Waals surface area contributed by atoms with E-state index in [-0.39, 0.29) is 35.4 Å². The van der Waals surface area contributed by atoms with E-state index in [1.165, 1.54) is 5.56 Å². The van der Waals surface area contributed by atoms with Crippen molar-refractivity contribution in [1.82, 2.24) is 14.5 Å². The van der Waals surface area contributed by atoms with Gasteiger partial charge in [0.2, 0.25) is 11.9 Å². The van der Waals surface area contributed by atoms with Crippen LogP contribution in [-0.4, -0.2) is 60.9 Å². The number of aryl methyl sites for hydroxylation is 1. The summed E-state index contributed by atoms with van der Waals surface area (Å²) in [4.78, 5) is 23.4. The Bertz CT molecular complexity index is 2040. The van der Waals surface area contributed by atoms with Crippen molar-refractivity contribution in [3.8, 4) is 5.75 Å². The number of guanidine groups is 1. The topological polar surface area (TPSA) is 117 Å². The summed E-state index contributed by atoms with van der Waals surface area (Å²) in [5.74, 6) is 0.707. The highest BCUT2D eigenvalue weighted by molar-refractivity contribution is 7.90. The third-order valence-corrected chi connectivity index (χ3v) is 12.3. The van der Waals surface area contributed by atoms with E-state index in [4.69, 9.17) is 10.5 Å². The maximum absolute atomic E-state index is 14.4. The fourth-order valence-corrected chi connectivity index (χ4v) is 9.44. The molecule has 0 aromatic heterocycles. The van der Waals surface area contributed by atoms with E-state index in [1.807, 2.05) is 75.1 Å². The van der Waals surface area contributed by atoms with Crippen molar-refractivity contribution in [3.05, 3.63) is 130 Å². The van der Waals surface area contributed by atoms with Gasteiger partial charge in [-0.25, -0.2) is 13.1 Å². The van der Waals surface area contributed by atoms with Crippen molar-refractivity contribution in [2.75, 3.05) is 13.1 Å². The number of aliphatic imine (C=N–C) groups is 1. The third-order valence-electron chi connectivity index (χ3n) is 10.6. The molecule has 280 valence electrons. The Balaban J connectivity index is 1.20. The van der Waals surface area contributed by atoms with Crippen LogP contribution in [0.25, 0.3) is 0 Å². The highest BCUT2D eigenvalue weighted by atomic mass is 32.2. The molecule has 2 atom stereocenters. The Morgan fingerprint density at radius 1 is 0.849 bits per heavy atom. The standard InChI is InChI=1S/C43H53N5O4S/c1-30-31(2)40(32(3)37-26-43(4,5)52-39(30)37)53(50,51)46-42(44)45-25-15-22-38-41(49)47(27-34-18-11-7-12-19-34)29-36(24-23-33-16-9-6-10-17-33)48(38)28-35-20-13-8-14-21-35/h6-14,16-21,36,38H,15,22-29H2,1-5H3,(H3,44,45,46)/t36-,38-/m0/s1. The van der Waals surface area contributed by atoms with Crippen molar-refractivity contribution >= 4 is 21.9 Å². The minimum Gasteiger partial charge on any atom is -0.487 e. The van der Waals surface area contributed by atoms with Crippen LogP contribution in [0.2, 0.25) is 0 Å². The Labute approximate surface area is 315 Å². The van der Waals surface area contributed by atoms with Gasteiger partial charge in [0.15, 0.2) is 0 Å². The van der Waals surface area contributed by atoms with Crippen molar-refractivity contribution in [2.45, 2.75) is 102 Å². The predicted octanol–water partition coefficient (Wildman–Crippen LogP) is 6.61. The molecule has 4 aromatic rings. The van der Waals surface area contributed by atoms with Crippen LogP contribution in [0.15, 0.2) is 101 Å². The van der Waals surface area contributed by atoms with Crippen LogP contribution in [-0.2, 0) is 40.7 Å². The maximum atomic E-state index is 14.4. The maximum Gasteiger partial charge on any atom is 0.264 e. The predicted molar refractivity (Wildman–Crippen MR) is 211 cm³/mol. The highest BCUT2D eigenvalue weighted by Crippen LogP contribution is 2.43. The lowest BCUT2D eigenvalue weighted by Gasteiger charge is -2.46. The van der Waals surface area contributed by atoms with E-state index in [0.29, 0.717) is 50.0 Å². The molecular formula is C43H53N5O4S. The number of hydrogen-bond donors (Lipinski definition) is 2. The Morgan fingerprint density at radius 3 is 2.06 bits per heavy atom. The van der Waals surface area contributed by atoms with Crippen LogP contribution in [0.1, 0.15) is 72.1 Å². The summed E-state index contributed by atoms with van der Waals surface area (Å²) in [6.45, 7) is 11.7. The third kappa shape index (κ3) is 8.93. The molecular weight excluding hydrogens is 683 g/mol. The summed E-state index contributed by atoms with van der Waals surface area (Å²) in [6.07, 6.45) is 3.55. The first-order chi connectivity index (χ1) is 25.3. The van der Waals surface area contributed by atoms with Gasteiger partial charge in [-0.1, -0.05) is 91.0 Å². The number of amides is 1. The molecule has 0 aliphatic carbocycles. The molecule has 0 bridgehead atoms. The lowest BCUT2D eigenvalue weighted by Crippen LogP contribution is -2.61. The van der Waals surface area contributed by atoms with Crippen molar-refractivity contribution in [1.29, 1.82) is 0 Å². The number of rotatable bonds is 13. The van der Waals surface area contributed by atoms with Gasteiger partial charge in [-0.2, -0.15) is 0 Å². The van der Waals surface area contributed by atoms with Crippen LogP contribution in [0, 0.1) is 20.8 Å². The number of sulfonamides is 1. The van der Waals surface area contributed by atoms with Gasteiger partial charge in [0.05, 0.1) is 10.9 Å². The molecule has 2 heterocycles. The molecule has 0 spiro atoms. The fourth-order valence-electron chi connectivity index (χ4n) is 7.91. The normalized spacial score (nSPS) is 18.8. The molecule has 1 fully saturated rings. The van der Waals surface area contributed by atoms with Crippen LogP contribution >= 0.6 is 0 Å². The van der Waals surface area contributed by atoms with Crippen molar-refractivity contribution < 1.29 is 17.9 Å². The number of nitrogens with two attached hydrogens (primary N) is 1. The number of ether oxygens (including phenoxy) is 1. The summed E-state index contributed by atoms with van der Waals surface area (Å²) in [5, 5.41) is 0. The quantitative estimate of drug-likeness (QED) is 0.0907. The lowest BCUT2D eigenvalue weighted by atomic mass is 9.94. The number of hydrogen-bond acceptors (Lipinski definition) is 6. The van der Waals surface area contributed by atoms with Gasteiger partial charge in [-0.05, 0) is 93.7 Å². The molecule has 1 saturated heterocycles. The van der Waals surface area contributed by atoms with E-state index < -0.39 is 15.6 Å². The zero-order chi connectivity index (χ0) is 37.8. The van der Waals surface area contributed by atoms with Crippen LogP contribution in [0.4, 0.5) is 0 Å². The average molecular weight is 736 g/mol. The molecule has 3 N–H and O–H groups in total. The number of benzene rings is 4.